The lowest BCUT2D eigenvalue weighted by Crippen LogP contribution is -2.51. The smallest absolute Gasteiger partial charge is 0.309 e. The van der Waals surface area contributed by atoms with E-state index in [9.17, 15) is 24.0 Å². The summed E-state index contributed by atoms with van der Waals surface area (Å²) in [5.41, 5.74) is 3.28. The monoisotopic (exact) mass is 1160 g/mol. The normalized spacial score (nSPS) is 21.9. The highest BCUT2D eigenvalue weighted by Gasteiger charge is 2.36. The van der Waals surface area contributed by atoms with Gasteiger partial charge in [-0.1, -0.05) is 121 Å². The largest absolute Gasteiger partial charge is 0.462 e. The Labute approximate surface area is 486 Å². The van der Waals surface area contributed by atoms with Gasteiger partial charge in [0.25, 0.3) is 11.8 Å². The van der Waals surface area contributed by atoms with Crippen LogP contribution in [-0.2, 0) is 19.1 Å². The summed E-state index contributed by atoms with van der Waals surface area (Å²) in [6.45, 7) is 11.8. The number of carbonyl (C=O) groups is 5. The van der Waals surface area contributed by atoms with E-state index in [0.29, 0.717) is 122 Å². The second-order valence-electron chi connectivity index (χ2n) is 21.9. The van der Waals surface area contributed by atoms with Gasteiger partial charge in [-0.2, -0.15) is 0 Å². The van der Waals surface area contributed by atoms with Crippen molar-refractivity contribution in [2.75, 3.05) is 78.5 Å². The van der Waals surface area contributed by atoms with E-state index in [1.807, 2.05) is 46.2 Å². The van der Waals surface area contributed by atoms with Crippen LogP contribution in [-0.4, -0.2) is 158 Å². The molecule has 4 aliphatic rings. The van der Waals surface area contributed by atoms with Gasteiger partial charge >= 0.3 is 5.97 Å². The van der Waals surface area contributed by atoms with Crippen molar-refractivity contribution >= 4 is 76.0 Å². The molecule has 4 fully saturated rings. The number of carbonyl (C=O) groups excluding carboxylic acids is 5. The fraction of sp³-hybridized carbons (Fsp3) is 0.525. The number of piperidine rings is 2. The lowest BCUT2D eigenvalue weighted by molar-refractivity contribution is -0.158. The van der Waals surface area contributed by atoms with Crippen LogP contribution in [0.1, 0.15) is 122 Å². The Hall–Kier alpha value is -4.77. The van der Waals surface area contributed by atoms with Crippen molar-refractivity contribution in [3.8, 4) is 0 Å². The third kappa shape index (κ3) is 17.1. The van der Waals surface area contributed by atoms with Crippen LogP contribution in [0.4, 0.5) is 0 Å². The molecule has 4 aromatic rings. The second-order valence-corrected chi connectivity index (χ2v) is 23.5. The van der Waals surface area contributed by atoms with Gasteiger partial charge in [0, 0.05) is 100 Å². The predicted molar refractivity (Wildman–Crippen MR) is 314 cm³/mol. The number of hydrogen-bond donors (Lipinski definition) is 4. The fourth-order valence-electron chi connectivity index (χ4n) is 11.6. The molecule has 0 radical (unpaired) electrons. The molecule has 4 N–H and O–H groups in total. The van der Waals surface area contributed by atoms with E-state index in [0.717, 1.165) is 51.9 Å². The van der Waals surface area contributed by atoms with E-state index < -0.39 is 12.1 Å². The van der Waals surface area contributed by atoms with Crippen molar-refractivity contribution in [1.29, 1.82) is 0 Å². The summed E-state index contributed by atoms with van der Waals surface area (Å²) in [4.78, 5) is 77.5. The zero-order valence-electron chi connectivity index (χ0n) is 45.7. The van der Waals surface area contributed by atoms with Crippen LogP contribution in [0.3, 0.4) is 0 Å². The Morgan fingerprint density at radius 3 is 1.38 bits per heavy atom. The van der Waals surface area contributed by atoms with E-state index in [4.69, 9.17) is 51.1 Å². The number of esters is 1. The van der Waals surface area contributed by atoms with Gasteiger partial charge in [0.2, 0.25) is 11.8 Å². The number of likely N-dealkylation sites (tertiary alicyclic amines) is 2. The summed E-state index contributed by atoms with van der Waals surface area (Å²) >= 11 is 24.6. The molecule has 0 bridgehead atoms. The van der Waals surface area contributed by atoms with Crippen LogP contribution < -0.4 is 21.3 Å². The first kappa shape index (κ1) is 60.3. The summed E-state index contributed by atoms with van der Waals surface area (Å²) < 4.78 is 6.20. The molecule has 0 aromatic heterocycles. The number of amides is 4. The van der Waals surface area contributed by atoms with Crippen LogP contribution in [0, 0.1) is 5.92 Å². The molecule has 14 nitrogen and oxygen atoms in total. The zero-order valence-corrected chi connectivity index (χ0v) is 48.7. The van der Waals surface area contributed by atoms with Gasteiger partial charge < -0.3 is 45.6 Å². The van der Waals surface area contributed by atoms with Gasteiger partial charge in [-0.25, -0.2) is 0 Å². The molecule has 6 atom stereocenters. The lowest BCUT2D eigenvalue weighted by atomic mass is 9.95. The second kappa shape index (κ2) is 29.8. The zero-order chi connectivity index (χ0) is 55.8. The summed E-state index contributed by atoms with van der Waals surface area (Å²) in [6, 6.07) is 29.3. The molecule has 8 rings (SSSR count). The van der Waals surface area contributed by atoms with Crippen molar-refractivity contribution in [3.05, 3.63) is 139 Å². The van der Waals surface area contributed by atoms with Crippen molar-refractivity contribution < 1.29 is 28.7 Å². The molecular formula is C61H78Cl4N8O6. The number of ether oxygens (including phenoxy) is 1. The number of nitrogens with one attached hydrogen (secondary N) is 4. The van der Waals surface area contributed by atoms with Gasteiger partial charge in [-0.05, 0) is 125 Å². The maximum absolute atomic E-state index is 14.4. The van der Waals surface area contributed by atoms with Crippen molar-refractivity contribution in [2.24, 2.45) is 5.92 Å². The molecule has 0 aliphatic carbocycles. The maximum atomic E-state index is 14.4. The molecule has 426 valence electrons. The molecular weight excluding hydrogens is 1080 g/mol. The van der Waals surface area contributed by atoms with Crippen LogP contribution in [0.25, 0.3) is 0 Å². The van der Waals surface area contributed by atoms with Crippen LogP contribution in [0.15, 0.2) is 97.1 Å². The highest BCUT2D eigenvalue weighted by Crippen LogP contribution is 2.28. The summed E-state index contributed by atoms with van der Waals surface area (Å²) in [5.74, 6) is -0.256. The maximum Gasteiger partial charge on any atom is 0.309 e. The van der Waals surface area contributed by atoms with Gasteiger partial charge in [0.1, 0.15) is 6.10 Å². The molecule has 0 saturated carbocycles. The molecule has 79 heavy (non-hydrogen) atoms. The van der Waals surface area contributed by atoms with Crippen LogP contribution in [0.2, 0.25) is 20.1 Å². The first-order chi connectivity index (χ1) is 38.2. The summed E-state index contributed by atoms with van der Waals surface area (Å²) in [5, 5.41) is 14.8. The van der Waals surface area contributed by atoms with E-state index in [1.165, 1.54) is 11.1 Å². The quantitative estimate of drug-likeness (QED) is 0.0560. The van der Waals surface area contributed by atoms with Crippen molar-refractivity contribution in [1.82, 2.24) is 40.9 Å². The third-order valence-corrected chi connectivity index (χ3v) is 18.1. The Morgan fingerprint density at radius 1 is 0.557 bits per heavy atom. The number of halogens is 4. The Kier molecular flexibility index (Phi) is 22.8. The minimum Gasteiger partial charge on any atom is -0.462 e. The number of benzene rings is 4. The Morgan fingerprint density at radius 2 is 0.975 bits per heavy atom. The summed E-state index contributed by atoms with van der Waals surface area (Å²) in [7, 11) is 0. The molecule has 4 aliphatic heterocycles. The predicted octanol–water partition coefficient (Wildman–Crippen LogP) is 9.47. The van der Waals surface area contributed by atoms with E-state index in [2.05, 4.69) is 69.2 Å². The van der Waals surface area contributed by atoms with Crippen molar-refractivity contribution in [2.45, 2.75) is 120 Å². The fourth-order valence-corrected chi connectivity index (χ4v) is 12.2. The van der Waals surface area contributed by atoms with Gasteiger partial charge in [-0.3, -0.25) is 24.0 Å². The average Bonchev–Trinajstić information content (AvgIpc) is 3.73. The van der Waals surface area contributed by atoms with Gasteiger partial charge in [0.15, 0.2) is 0 Å². The van der Waals surface area contributed by atoms with Crippen LogP contribution >= 0.6 is 46.4 Å². The van der Waals surface area contributed by atoms with Gasteiger partial charge in [0.05, 0.1) is 38.1 Å². The first-order valence-electron chi connectivity index (χ1n) is 28.6. The third-order valence-electron chi connectivity index (χ3n) is 16.6. The highest BCUT2D eigenvalue weighted by atomic mass is 35.5. The molecule has 0 unspecified atom stereocenters. The highest BCUT2D eigenvalue weighted by molar-refractivity contribution is 6.42. The average molecular weight is 1160 g/mol. The van der Waals surface area contributed by atoms with E-state index in [1.54, 1.807) is 36.4 Å². The first-order valence-corrected chi connectivity index (χ1v) is 30.1. The SMILES string of the molecule is CC[C@H](CN1CC[C@@H](CNC(=O)c2ccc(Cl)c(Cl)c2)N[C@@H](CCN2CCC(OC(=O)C3CCN(CC[C@@H]4N[C@H](CNC(=O)c5ccc(Cl)c(Cl)c5)CCN(C[C@@H](CC)c5ccccc5)C4=O)CC3)CC2)C1=O)c1ccccc1. The standard InChI is InChI=1S/C61H78Cl4N8O6/c1-3-41(43-11-7-5-8-12-43)39-72-33-21-48(37-66-57(74)46-15-17-51(62)53(64)35-46)68-55(59(72)76)25-31-70-27-19-45(20-28-70)61(78)79-50-23-29-71(30-24-50)32-26-56-60(77)73(40-42(4-2)44-13-9-6-10-14-44)34-22-49(69-56)38-67-58(75)47-16-18-52(63)54(65)36-47/h5-18,35-36,41-42,45,48-50,55-56,68-69H,3-4,19-34,37-40H2,1-2H3,(H,66,74)(H,67,75)/t41-,42-,48+,49+,55+,56+/m1/s1. The molecule has 4 amide bonds. The minimum absolute atomic E-state index is 0.0757. The van der Waals surface area contributed by atoms with E-state index in [-0.39, 0.29) is 65.5 Å². The van der Waals surface area contributed by atoms with Crippen LogP contribution in [0.5, 0.6) is 0 Å². The van der Waals surface area contributed by atoms with E-state index >= 15 is 0 Å². The molecule has 4 saturated heterocycles. The lowest BCUT2D eigenvalue weighted by Gasteiger charge is -2.35. The Balaban J connectivity index is 0.801. The molecule has 4 aromatic carbocycles. The molecule has 18 heteroatoms. The number of rotatable bonds is 22. The minimum atomic E-state index is -0.438. The molecule has 4 heterocycles. The van der Waals surface area contributed by atoms with Crippen molar-refractivity contribution in [3.63, 3.8) is 0 Å². The number of hydrogen-bond acceptors (Lipinski definition) is 10. The molecule has 0 spiro atoms. The topological polar surface area (TPSA) is 156 Å². The Bertz CT molecular complexity index is 2660. The van der Waals surface area contributed by atoms with Gasteiger partial charge in [-0.15, -0.1) is 0 Å². The number of nitrogens with zero attached hydrogens (tertiary/aromatic N) is 4. The summed E-state index contributed by atoms with van der Waals surface area (Å²) in [6.07, 6.45) is 7.06.